The zero-order valence-corrected chi connectivity index (χ0v) is 18.2. The van der Waals surface area contributed by atoms with Gasteiger partial charge in [-0.3, -0.25) is 9.59 Å². The average Bonchev–Trinajstić information content (AvgIpc) is 3.25. The Balaban J connectivity index is 1.75. The van der Waals surface area contributed by atoms with Gasteiger partial charge in [0.1, 0.15) is 11.8 Å². The normalized spacial score (nSPS) is 14.9. The predicted octanol–water partition coefficient (Wildman–Crippen LogP) is 4.02. The minimum Gasteiger partial charge on any atom is -0.497 e. The van der Waals surface area contributed by atoms with E-state index in [-0.39, 0.29) is 24.3 Å². The number of aryl methyl sites for hydroxylation is 1. The number of hydrogen-bond donors (Lipinski definition) is 1. The van der Waals surface area contributed by atoms with Crippen molar-refractivity contribution in [1.82, 2.24) is 10.2 Å². The molecule has 1 N–H and O–H groups in total. The van der Waals surface area contributed by atoms with Crippen molar-refractivity contribution in [1.29, 1.82) is 0 Å². The molecule has 0 saturated heterocycles. The molecule has 0 radical (unpaired) electrons. The number of rotatable bonds is 8. The second-order valence-electron chi connectivity index (χ2n) is 8.20. The first-order valence-corrected chi connectivity index (χ1v) is 10.7. The highest BCUT2D eigenvalue weighted by Crippen LogP contribution is 2.19. The van der Waals surface area contributed by atoms with Gasteiger partial charge in [-0.1, -0.05) is 54.8 Å². The minimum atomic E-state index is -0.531. The standard InChI is InChI=1S/C25H32N2O3/c1-18-7-6-8-21(15-18)17-27(19(2)25(29)26-22-9-4-5-10-22)24(28)16-20-11-13-23(30-3)14-12-20/h6-8,11-15,19,22H,4-5,9-10,16-17H2,1-3H3,(H,26,29). The van der Waals surface area contributed by atoms with Crippen molar-refractivity contribution in [2.75, 3.05) is 7.11 Å². The van der Waals surface area contributed by atoms with Gasteiger partial charge in [-0.15, -0.1) is 0 Å². The number of nitrogens with one attached hydrogen (secondary N) is 1. The fourth-order valence-corrected chi connectivity index (χ4v) is 4.00. The molecule has 1 aliphatic carbocycles. The molecule has 0 spiro atoms. The summed E-state index contributed by atoms with van der Waals surface area (Å²) in [7, 11) is 1.62. The lowest BCUT2D eigenvalue weighted by atomic mass is 10.1. The summed E-state index contributed by atoms with van der Waals surface area (Å²) >= 11 is 0. The number of hydrogen-bond acceptors (Lipinski definition) is 3. The summed E-state index contributed by atoms with van der Waals surface area (Å²) in [6.07, 6.45) is 4.61. The van der Waals surface area contributed by atoms with Crippen LogP contribution in [0.15, 0.2) is 48.5 Å². The van der Waals surface area contributed by atoms with E-state index in [1.807, 2.05) is 56.3 Å². The first-order chi connectivity index (χ1) is 14.5. The van der Waals surface area contributed by atoms with Gasteiger partial charge < -0.3 is 15.0 Å². The molecule has 1 saturated carbocycles. The van der Waals surface area contributed by atoms with Gasteiger partial charge in [-0.05, 0) is 49.9 Å². The molecule has 0 aliphatic heterocycles. The van der Waals surface area contributed by atoms with Gasteiger partial charge in [0.2, 0.25) is 11.8 Å². The molecule has 5 nitrogen and oxygen atoms in total. The van der Waals surface area contributed by atoms with E-state index in [4.69, 9.17) is 4.74 Å². The van der Waals surface area contributed by atoms with Crippen LogP contribution in [0, 0.1) is 6.92 Å². The highest BCUT2D eigenvalue weighted by molar-refractivity contribution is 5.88. The quantitative estimate of drug-likeness (QED) is 0.718. The minimum absolute atomic E-state index is 0.0595. The summed E-state index contributed by atoms with van der Waals surface area (Å²) in [6.45, 7) is 4.27. The van der Waals surface area contributed by atoms with Crippen molar-refractivity contribution in [2.24, 2.45) is 0 Å². The third-order valence-corrected chi connectivity index (χ3v) is 5.82. The number of carbonyl (C=O) groups excluding carboxylic acids is 2. The zero-order chi connectivity index (χ0) is 21.5. The molecule has 3 rings (SSSR count). The largest absolute Gasteiger partial charge is 0.497 e. The van der Waals surface area contributed by atoms with Crippen LogP contribution in [0.4, 0.5) is 0 Å². The summed E-state index contributed by atoms with van der Waals surface area (Å²) in [5.74, 6) is 0.625. The second-order valence-corrected chi connectivity index (χ2v) is 8.20. The molecule has 2 aromatic rings. The molecule has 0 aromatic heterocycles. The van der Waals surface area contributed by atoms with Crippen molar-refractivity contribution < 1.29 is 14.3 Å². The van der Waals surface area contributed by atoms with E-state index >= 15 is 0 Å². The van der Waals surface area contributed by atoms with E-state index in [0.29, 0.717) is 6.54 Å². The Morgan fingerprint density at radius 3 is 2.43 bits per heavy atom. The SMILES string of the molecule is COc1ccc(CC(=O)N(Cc2cccc(C)c2)C(C)C(=O)NC2CCCC2)cc1. The summed E-state index contributed by atoms with van der Waals surface area (Å²) in [6, 6.07) is 15.3. The molecule has 0 bridgehead atoms. The smallest absolute Gasteiger partial charge is 0.242 e. The maximum Gasteiger partial charge on any atom is 0.242 e. The first kappa shape index (κ1) is 21.9. The number of carbonyl (C=O) groups is 2. The van der Waals surface area contributed by atoms with Gasteiger partial charge in [-0.2, -0.15) is 0 Å². The fourth-order valence-electron chi connectivity index (χ4n) is 4.00. The maximum atomic E-state index is 13.3. The fraction of sp³-hybridized carbons (Fsp3) is 0.440. The summed E-state index contributed by atoms with van der Waals surface area (Å²) in [5.41, 5.74) is 3.06. The van der Waals surface area contributed by atoms with Gasteiger partial charge in [0.05, 0.1) is 13.5 Å². The number of nitrogens with zero attached hydrogens (tertiary/aromatic N) is 1. The van der Waals surface area contributed by atoms with Gasteiger partial charge >= 0.3 is 0 Å². The van der Waals surface area contributed by atoms with Gasteiger partial charge in [0.25, 0.3) is 0 Å². The van der Waals surface area contributed by atoms with E-state index in [2.05, 4.69) is 11.4 Å². The number of benzene rings is 2. The first-order valence-electron chi connectivity index (χ1n) is 10.7. The van der Waals surface area contributed by atoms with Crippen molar-refractivity contribution in [2.45, 2.75) is 64.6 Å². The summed E-state index contributed by atoms with van der Waals surface area (Å²) in [4.78, 5) is 27.9. The molecule has 2 aromatic carbocycles. The van der Waals surface area contributed by atoms with E-state index in [9.17, 15) is 9.59 Å². The molecule has 1 unspecified atom stereocenters. The second kappa shape index (κ2) is 10.3. The molecule has 5 heteroatoms. The van der Waals surface area contributed by atoms with Crippen LogP contribution >= 0.6 is 0 Å². The lowest BCUT2D eigenvalue weighted by Gasteiger charge is -2.30. The van der Waals surface area contributed by atoms with Crippen molar-refractivity contribution in [3.8, 4) is 5.75 Å². The van der Waals surface area contributed by atoms with E-state index < -0.39 is 6.04 Å². The zero-order valence-electron chi connectivity index (χ0n) is 18.2. The predicted molar refractivity (Wildman–Crippen MR) is 118 cm³/mol. The Bertz CT molecular complexity index is 857. The van der Waals surface area contributed by atoms with Crippen molar-refractivity contribution in [3.63, 3.8) is 0 Å². The van der Waals surface area contributed by atoms with Crippen LogP contribution in [-0.2, 0) is 22.6 Å². The monoisotopic (exact) mass is 408 g/mol. The molecular weight excluding hydrogens is 376 g/mol. The van der Waals surface area contributed by atoms with Crippen LogP contribution in [0.5, 0.6) is 5.75 Å². The van der Waals surface area contributed by atoms with E-state index in [1.165, 1.54) is 0 Å². The Morgan fingerprint density at radius 2 is 1.80 bits per heavy atom. The molecule has 2 amide bonds. The molecule has 1 fully saturated rings. The van der Waals surface area contributed by atoms with Gasteiger partial charge in [-0.25, -0.2) is 0 Å². The Hall–Kier alpha value is -2.82. The van der Waals surface area contributed by atoms with Crippen LogP contribution in [0.2, 0.25) is 0 Å². The molecule has 1 atom stereocenters. The van der Waals surface area contributed by atoms with Gasteiger partial charge in [0.15, 0.2) is 0 Å². The number of ether oxygens (including phenoxy) is 1. The molecule has 30 heavy (non-hydrogen) atoms. The third kappa shape index (κ3) is 5.85. The molecule has 160 valence electrons. The number of methoxy groups -OCH3 is 1. The molecule has 0 heterocycles. The van der Waals surface area contributed by atoms with Crippen LogP contribution in [0.25, 0.3) is 0 Å². The average molecular weight is 409 g/mol. The van der Waals surface area contributed by atoms with E-state index in [1.54, 1.807) is 12.0 Å². The van der Waals surface area contributed by atoms with Crippen LogP contribution in [0.1, 0.15) is 49.3 Å². The molecule has 1 aliphatic rings. The highest BCUT2D eigenvalue weighted by Gasteiger charge is 2.28. The third-order valence-electron chi connectivity index (χ3n) is 5.82. The van der Waals surface area contributed by atoms with Gasteiger partial charge in [0, 0.05) is 12.6 Å². The highest BCUT2D eigenvalue weighted by atomic mass is 16.5. The van der Waals surface area contributed by atoms with Crippen LogP contribution in [0.3, 0.4) is 0 Å². The maximum absolute atomic E-state index is 13.3. The topological polar surface area (TPSA) is 58.6 Å². The number of amides is 2. The van der Waals surface area contributed by atoms with Crippen LogP contribution < -0.4 is 10.1 Å². The lowest BCUT2D eigenvalue weighted by Crippen LogP contribution is -2.50. The summed E-state index contributed by atoms with van der Waals surface area (Å²) in [5, 5.41) is 3.14. The Labute approximate surface area is 179 Å². The van der Waals surface area contributed by atoms with E-state index in [0.717, 1.165) is 48.1 Å². The Morgan fingerprint density at radius 1 is 1.10 bits per heavy atom. The Kier molecular flexibility index (Phi) is 7.50. The summed E-state index contributed by atoms with van der Waals surface area (Å²) < 4.78 is 5.20. The molecular formula is C25H32N2O3. The van der Waals surface area contributed by atoms with Crippen LogP contribution in [-0.4, -0.2) is 35.9 Å². The lowest BCUT2D eigenvalue weighted by molar-refractivity contribution is -0.140. The van der Waals surface area contributed by atoms with Crippen molar-refractivity contribution >= 4 is 11.8 Å². The van der Waals surface area contributed by atoms with Crippen molar-refractivity contribution in [3.05, 3.63) is 65.2 Å².